The van der Waals surface area contributed by atoms with Gasteiger partial charge in [-0.3, -0.25) is 4.72 Å². The fourth-order valence-corrected chi connectivity index (χ4v) is 4.80. The number of rotatable bonds is 6. The molecule has 0 radical (unpaired) electrons. The lowest BCUT2D eigenvalue weighted by Gasteiger charge is -2.26. The lowest BCUT2D eigenvalue weighted by molar-refractivity contribution is 0.0697. The highest BCUT2D eigenvalue weighted by Gasteiger charge is 2.23. The first kappa shape index (κ1) is 28.1. The first-order valence-electron chi connectivity index (χ1n) is 12.7. The molecule has 7 nitrogen and oxygen atoms in total. The van der Waals surface area contributed by atoms with Gasteiger partial charge >= 0.3 is 5.97 Å². The van der Waals surface area contributed by atoms with Crippen LogP contribution in [0.5, 0.6) is 0 Å². The number of carboxylic acid groups (broad SMARTS) is 1. The summed E-state index contributed by atoms with van der Waals surface area (Å²) in [6.45, 7) is 13.2. The Morgan fingerprint density at radius 3 is 1.79 bits per heavy atom. The summed E-state index contributed by atoms with van der Waals surface area (Å²) >= 11 is 0. The Bertz CT molecular complexity index is 1590. The second-order valence-corrected chi connectivity index (χ2v) is 13.7. The van der Waals surface area contributed by atoms with Crippen LogP contribution in [-0.4, -0.2) is 35.5 Å². The third kappa shape index (κ3) is 6.57. The minimum Gasteiger partial charge on any atom is -0.478 e. The van der Waals surface area contributed by atoms with Crippen LogP contribution >= 0.6 is 0 Å². The first-order chi connectivity index (χ1) is 18.0. The predicted octanol–water partition coefficient (Wildman–Crippen LogP) is 6.87. The van der Waals surface area contributed by atoms with Crippen molar-refractivity contribution < 1.29 is 18.3 Å². The molecule has 0 atom stereocenters. The maximum atomic E-state index is 11.7. The normalized spacial score (nSPS) is 12.4. The van der Waals surface area contributed by atoms with Crippen molar-refractivity contribution in [2.45, 2.75) is 52.4 Å². The quantitative estimate of drug-likeness (QED) is 0.275. The Morgan fingerprint density at radius 1 is 0.795 bits per heavy atom. The standard InChI is InChI=1S/C31H35N3O4S/c1-30(2,3)23-16-22(17-24(18-23)31(4,5)6)28-19-27(20-8-10-21(11-9-20)29(35)36)32-34(28)26-14-12-25(13-15-26)33-39(7,37)38/h8-19,33H,1-7H3,(H,35,36). The molecule has 0 aliphatic heterocycles. The highest BCUT2D eigenvalue weighted by atomic mass is 32.2. The van der Waals surface area contributed by atoms with Crippen LogP contribution in [0.2, 0.25) is 0 Å². The Labute approximate surface area is 230 Å². The summed E-state index contributed by atoms with van der Waals surface area (Å²) in [5.41, 5.74) is 7.05. The molecule has 204 valence electrons. The third-order valence-electron chi connectivity index (χ3n) is 6.51. The molecule has 2 N–H and O–H groups in total. The highest BCUT2D eigenvalue weighted by molar-refractivity contribution is 7.92. The van der Waals surface area contributed by atoms with Crippen LogP contribution in [0.15, 0.2) is 72.8 Å². The molecule has 1 aromatic heterocycles. The second kappa shape index (κ2) is 10.0. The Hall–Kier alpha value is -3.91. The van der Waals surface area contributed by atoms with E-state index in [1.165, 1.54) is 11.1 Å². The van der Waals surface area contributed by atoms with E-state index in [9.17, 15) is 18.3 Å². The maximum Gasteiger partial charge on any atom is 0.335 e. The number of hydrogen-bond acceptors (Lipinski definition) is 4. The molecule has 1 heterocycles. The van der Waals surface area contributed by atoms with Crippen LogP contribution < -0.4 is 4.72 Å². The number of carboxylic acids is 1. The van der Waals surface area contributed by atoms with Crippen LogP contribution in [0, 0.1) is 0 Å². The van der Waals surface area contributed by atoms with Crippen LogP contribution in [-0.2, 0) is 20.9 Å². The van der Waals surface area contributed by atoms with Crippen molar-refractivity contribution in [3.63, 3.8) is 0 Å². The van der Waals surface area contributed by atoms with E-state index >= 15 is 0 Å². The molecule has 3 aromatic carbocycles. The van der Waals surface area contributed by atoms with Crippen molar-refractivity contribution in [1.82, 2.24) is 9.78 Å². The number of benzene rings is 3. The molecule has 0 saturated carbocycles. The fourth-order valence-electron chi connectivity index (χ4n) is 4.23. The third-order valence-corrected chi connectivity index (χ3v) is 7.12. The summed E-state index contributed by atoms with van der Waals surface area (Å²) in [6, 6.07) is 22.4. The minimum atomic E-state index is -3.40. The molecule has 0 bridgehead atoms. The summed E-state index contributed by atoms with van der Waals surface area (Å²) in [4.78, 5) is 11.4. The predicted molar refractivity (Wildman–Crippen MR) is 157 cm³/mol. The van der Waals surface area contributed by atoms with Gasteiger partial charge in [0.1, 0.15) is 0 Å². The van der Waals surface area contributed by atoms with Gasteiger partial charge in [-0.2, -0.15) is 5.10 Å². The van der Waals surface area contributed by atoms with Gasteiger partial charge in [-0.05, 0) is 76.6 Å². The Kier molecular flexibility index (Phi) is 7.21. The average molecular weight is 546 g/mol. The smallest absolute Gasteiger partial charge is 0.335 e. The lowest BCUT2D eigenvalue weighted by Crippen LogP contribution is -2.16. The number of hydrogen-bond donors (Lipinski definition) is 2. The summed E-state index contributed by atoms with van der Waals surface area (Å²) in [5.74, 6) is -0.982. The molecule has 0 amide bonds. The van der Waals surface area contributed by atoms with Crippen molar-refractivity contribution in [1.29, 1.82) is 0 Å². The van der Waals surface area contributed by atoms with E-state index in [1.54, 1.807) is 36.4 Å². The van der Waals surface area contributed by atoms with Crippen molar-refractivity contribution >= 4 is 21.7 Å². The molecule has 4 rings (SSSR count). The molecule has 0 spiro atoms. The van der Waals surface area contributed by atoms with Crippen LogP contribution in [0.25, 0.3) is 28.2 Å². The summed E-state index contributed by atoms with van der Waals surface area (Å²) in [5, 5.41) is 14.2. The molecule has 4 aromatic rings. The van der Waals surface area contributed by atoms with E-state index in [0.29, 0.717) is 11.4 Å². The zero-order valence-electron chi connectivity index (χ0n) is 23.4. The maximum absolute atomic E-state index is 11.7. The van der Waals surface area contributed by atoms with Crippen molar-refractivity contribution in [3.05, 3.63) is 89.5 Å². The molecule has 0 unspecified atom stereocenters. The summed E-state index contributed by atoms with van der Waals surface area (Å²) in [6.07, 6.45) is 1.11. The number of aromatic carboxylic acids is 1. The zero-order valence-corrected chi connectivity index (χ0v) is 24.2. The number of nitrogens with one attached hydrogen (secondary N) is 1. The topological polar surface area (TPSA) is 101 Å². The van der Waals surface area contributed by atoms with Gasteiger partial charge in [-0.15, -0.1) is 0 Å². The summed E-state index contributed by atoms with van der Waals surface area (Å²) < 4.78 is 27.7. The Balaban J connectivity index is 1.93. The molecule has 39 heavy (non-hydrogen) atoms. The molecule has 8 heteroatoms. The molecule has 0 fully saturated rings. The van der Waals surface area contributed by atoms with Crippen LogP contribution in [0.3, 0.4) is 0 Å². The highest BCUT2D eigenvalue weighted by Crippen LogP contribution is 2.36. The molecule has 0 aliphatic rings. The van der Waals surface area contributed by atoms with Crippen LogP contribution in [0.1, 0.15) is 63.0 Å². The van der Waals surface area contributed by atoms with Gasteiger partial charge in [0.05, 0.1) is 28.9 Å². The lowest BCUT2D eigenvalue weighted by atomic mass is 9.79. The number of anilines is 1. The van der Waals surface area contributed by atoms with Crippen LogP contribution in [0.4, 0.5) is 5.69 Å². The van der Waals surface area contributed by atoms with E-state index in [0.717, 1.165) is 28.8 Å². The Morgan fingerprint density at radius 2 is 1.33 bits per heavy atom. The molecule has 0 saturated heterocycles. The van der Waals surface area contributed by atoms with E-state index in [2.05, 4.69) is 64.5 Å². The van der Waals surface area contributed by atoms with Gasteiger partial charge in [0.2, 0.25) is 10.0 Å². The van der Waals surface area contributed by atoms with Gasteiger partial charge < -0.3 is 5.11 Å². The molecule has 0 aliphatic carbocycles. The number of sulfonamides is 1. The number of aromatic nitrogens is 2. The average Bonchev–Trinajstić information content (AvgIpc) is 3.28. The summed E-state index contributed by atoms with van der Waals surface area (Å²) in [7, 11) is -3.40. The second-order valence-electron chi connectivity index (χ2n) is 11.9. The van der Waals surface area contributed by atoms with Gasteiger partial charge in [-0.1, -0.05) is 59.7 Å². The zero-order chi connectivity index (χ0) is 28.8. The van der Waals surface area contributed by atoms with E-state index in [1.807, 2.05) is 22.9 Å². The number of carbonyl (C=O) groups is 1. The monoisotopic (exact) mass is 545 g/mol. The van der Waals surface area contributed by atoms with E-state index in [-0.39, 0.29) is 16.4 Å². The van der Waals surface area contributed by atoms with E-state index in [4.69, 9.17) is 5.10 Å². The van der Waals surface area contributed by atoms with Gasteiger partial charge in [0.15, 0.2) is 0 Å². The van der Waals surface area contributed by atoms with Crippen molar-refractivity contribution in [2.75, 3.05) is 11.0 Å². The van der Waals surface area contributed by atoms with Crippen molar-refractivity contribution in [2.24, 2.45) is 0 Å². The molecular formula is C31H35N3O4S. The number of nitrogens with zero attached hydrogens (tertiary/aromatic N) is 2. The minimum absolute atomic E-state index is 0.0741. The first-order valence-corrected chi connectivity index (χ1v) is 14.6. The van der Waals surface area contributed by atoms with Gasteiger partial charge in [0.25, 0.3) is 0 Å². The molecular weight excluding hydrogens is 510 g/mol. The van der Waals surface area contributed by atoms with Gasteiger partial charge in [0, 0.05) is 16.8 Å². The fraction of sp³-hybridized carbons (Fsp3) is 0.290. The SMILES string of the molecule is CC(C)(C)c1cc(-c2cc(-c3ccc(C(=O)O)cc3)nn2-c2ccc(NS(C)(=O)=O)cc2)cc(C(C)(C)C)c1. The van der Waals surface area contributed by atoms with E-state index < -0.39 is 16.0 Å². The largest absolute Gasteiger partial charge is 0.478 e. The van der Waals surface area contributed by atoms with Crippen molar-refractivity contribution in [3.8, 4) is 28.2 Å². The van der Waals surface area contributed by atoms with Gasteiger partial charge in [-0.25, -0.2) is 17.9 Å².